The number of hydrogen-bond acceptors (Lipinski definition) is 4. The Morgan fingerprint density at radius 2 is 2.05 bits per heavy atom. The number of rotatable bonds is 9. The molecule has 0 bridgehead atoms. The van der Waals surface area contributed by atoms with E-state index in [0.29, 0.717) is 31.7 Å². The van der Waals surface area contributed by atoms with Crippen LogP contribution in [0.4, 0.5) is 4.39 Å². The van der Waals surface area contributed by atoms with Crippen molar-refractivity contribution in [1.82, 2.24) is 0 Å². The van der Waals surface area contributed by atoms with Gasteiger partial charge in [0, 0.05) is 18.1 Å². The van der Waals surface area contributed by atoms with Crippen LogP contribution in [0.25, 0.3) is 0 Å². The summed E-state index contributed by atoms with van der Waals surface area (Å²) in [5, 5.41) is 0. The molecular weight excluding hydrogens is 263 g/mol. The average molecular weight is 282 g/mol. The molecule has 1 aromatic rings. The molecule has 1 rings (SSSR count). The standard InChI is InChI=1S/C15H19FO4/c1-2-19-15(18)6-4-3-5-7-20-14-9-12(11-17)8-13(16)10-14/h8-11H,2-7H2,1H3. The highest BCUT2D eigenvalue weighted by molar-refractivity contribution is 5.75. The van der Waals surface area contributed by atoms with Gasteiger partial charge in [0.15, 0.2) is 0 Å². The summed E-state index contributed by atoms with van der Waals surface area (Å²) in [4.78, 5) is 21.7. The minimum atomic E-state index is -0.494. The predicted molar refractivity (Wildman–Crippen MR) is 72.4 cm³/mol. The molecule has 0 aliphatic rings. The van der Waals surface area contributed by atoms with Gasteiger partial charge in [0.1, 0.15) is 17.9 Å². The Hall–Kier alpha value is -1.91. The lowest BCUT2D eigenvalue weighted by Crippen LogP contribution is -2.04. The van der Waals surface area contributed by atoms with Crippen molar-refractivity contribution >= 4 is 12.3 Å². The largest absolute Gasteiger partial charge is 0.493 e. The van der Waals surface area contributed by atoms with Crippen molar-refractivity contribution in [3.8, 4) is 5.75 Å². The van der Waals surface area contributed by atoms with E-state index in [4.69, 9.17) is 9.47 Å². The minimum Gasteiger partial charge on any atom is -0.493 e. The van der Waals surface area contributed by atoms with Crippen LogP contribution in [-0.2, 0) is 9.53 Å². The first-order chi connectivity index (χ1) is 9.65. The highest BCUT2D eigenvalue weighted by Gasteiger charge is 2.03. The van der Waals surface area contributed by atoms with E-state index in [1.54, 1.807) is 6.92 Å². The maximum Gasteiger partial charge on any atom is 0.305 e. The summed E-state index contributed by atoms with van der Waals surface area (Å²) >= 11 is 0. The first kappa shape index (κ1) is 16.1. The zero-order valence-electron chi connectivity index (χ0n) is 11.6. The molecule has 0 saturated heterocycles. The van der Waals surface area contributed by atoms with Gasteiger partial charge in [-0.2, -0.15) is 0 Å². The Morgan fingerprint density at radius 1 is 1.25 bits per heavy atom. The smallest absolute Gasteiger partial charge is 0.305 e. The molecular formula is C15H19FO4. The summed E-state index contributed by atoms with van der Waals surface area (Å²) in [6.07, 6.45) is 3.31. The van der Waals surface area contributed by atoms with E-state index in [9.17, 15) is 14.0 Å². The van der Waals surface area contributed by atoms with Gasteiger partial charge in [0.25, 0.3) is 0 Å². The van der Waals surface area contributed by atoms with Gasteiger partial charge < -0.3 is 9.47 Å². The number of halogens is 1. The SMILES string of the molecule is CCOC(=O)CCCCCOc1cc(F)cc(C=O)c1. The quantitative estimate of drug-likeness (QED) is 0.396. The second kappa shape index (κ2) is 9.07. The Balaban J connectivity index is 2.19. The van der Waals surface area contributed by atoms with Gasteiger partial charge >= 0.3 is 5.97 Å². The molecule has 0 aliphatic carbocycles. The van der Waals surface area contributed by atoms with Gasteiger partial charge in [-0.05, 0) is 38.3 Å². The zero-order valence-corrected chi connectivity index (χ0v) is 11.6. The lowest BCUT2D eigenvalue weighted by Gasteiger charge is -2.07. The van der Waals surface area contributed by atoms with Crippen molar-refractivity contribution < 1.29 is 23.5 Å². The van der Waals surface area contributed by atoms with E-state index >= 15 is 0 Å². The molecule has 110 valence electrons. The molecule has 0 saturated carbocycles. The second-order valence-electron chi connectivity index (χ2n) is 4.30. The molecule has 20 heavy (non-hydrogen) atoms. The zero-order chi connectivity index (χ0) is 14.8. The molecule has 0 aliphatic heterocycles. The normalized spacial score (nSPS) is 10.1. The molecule has 4 nitrogen and oxygen atoms in total. The Morgan fingerprint density at radius 3 is 2.75 bits per heavy atom. The van der Waals surface area contributed by atoms with E-state index in [-0.39, 0.29) is 11.5 Å². The molecule has 0 atom stereocenters. The van der Waals surface area contributed by atoms with Crippen LogP contribution in [0.5, 0.6) is 5.75 Å². The number of esters is 1. The van der Waals surface area contributed by atoms with Crippen LogP contribution in [0, 0.1) is 5.82 Å². The number of aldehydes is 1. The predicted octanol–water partition coefficient (Wildman–Crippen LogP) is 3.14. The Kier molecular flexibility index (Phi) is 7.32. The number of hydrogen-bond donors (Lipinski definition) is 0. The van der Waals surface area contributed by atoms with Crippen molar-refractivity contribution in [1.29, 1.82) is 0 Å². The fraction of sp³-hybridized carbons (Fsp3) is 0.467. The molecule has 0 aromatic heterocycles. The fourth-order valence-corrected chi connectivity index (χ4v) is 1.71. The molecule has 0 fully saturated rings. The third kappa shape index (κ3) is 6.31. The Labute approximate surface area is 117 Å². The number of benzene rings is 1. The number of carbonyl (C=O) groups is 2. The summed E-state index contributed by atoms with van der Waals surface area (Å²) in [6, 6.07) is 3.89. The van der Waals surface area contributed by atoms with Crippen LogP contribution in [0.2, 0.25) is 0 Å². The van der Waals surface area contributed by atoms with Crippen LogP contribution in [-0.4, -0.2) is 25.5 Å². The van der Waals surface area contributed by atoms with Gasteiger partial charge in [-0.3, -0.25) is 9.59 Å². The van der Waals surface area contributed by atoms with Crippen LogP contribution in [0.1, 0.15) is 43.0 Å². The topological polar surface area (TPSA) is 52.6 Å². The summed E-state index contributed by atoms with van der Waals surface area (Å²) in [7, 11) is 0. The molecule has 0 amide bonds. The van der Waals surface area contributed by atoms with E-state index < -0.39 is 5.82 Å². The van der Waals surface area contributed by atoms with E-state index in [0.717, 1.165) is 25.3 Å². The molecule has 0 radical (unpaired) electrons. The van der Waals surface area contributed by atoms with Crippen LogP contribution in [0.15, 0.2) is 18.2 Å². The van der Waals surface area contributed by atoms with E-state index in [1.807, 2.05) is 0 Å². The lowest BCUT2D eigenvalue weighted by atomic mass is 10.2. The summed E-state index contributed by atoms with van der Waals surface area (Å²) < 4.78 is 23.3. The second-order valence-corrected chi connectivity index (χ2v) is 4.30. The number of ether oxygens (including phenoxy) is 2. The third-order valence-corrected chi connectivity index (χ3v) is 2.63. The summed E-state index contributed by atoms with van der Waals surface area (Å²) in [6.45, 7) is 2.60. The van der Waals surface area contributed by atoms with Gasteiger partial charge in [-0.1, -0.05) is 0 Å². The van der Waals surface area contributed by atoms with Gasteiger partial charge in [-0.15, -0.1) is 0 Å². The van der Waals surface area contributed by atoms with Crippen molar-refractivity contribution in [2.45, 2.75) is 32.6 Å². The third-order valence-electron chi connectivity index (χ3n) is 2.63. The summed E-state index contributed by atoms with van der Waals surface area (Å²) in [5.41, 5.74) is 0.252. The van der Waals surface area contributed by atoms with Crippen molar-refractivity contribution in [3.05, 3.63) is 29.6 Å². The van der Waals surface area contributed by atoms with Crippen molar-refractivity contribution in [2.75, 3.05) is 13.2 Å². The highest BCUT2D eigenvalue weighted by atomic mass is 19.1. The lowest BCUT2D eigenvalue weighted by molar-refractivity contribution is -0.143. The van der Waals surface area contributed by atoms with Crippen LogP contribution in [0.3, 0.4) is 0 Å². The Bertz CT molecular complexity index is 445. The molecule has 5 heteroatoms. The van der Waals surface area contributed by atoms with Crippen LogP contribution < -0.4 is 4.74 Å². The molecule has 0 N–H and O–H groups in total. The van der Waals surface area contributed by atoms with Crippen molar-refractivity contribution in [2.24, 2.45) is 0 Å². The highest BCUT2D eigenvalue weighted by Crippen LogP contribution is 2.16. The van der Waals surface area contributed by atoms with Gasteiger partial charge in [0.05, 0.1) is 13.2 Å². The molecule has 0 heterocycles. The monoisotopic (exact) mass is 282 g/mol. The molecule has 0 unspecified atom stereocenters. The van der Waals surface area contributed by atoms with Gasteiger partial charge in [0.2, 0.25) is 0 Å². The van der Waals surface area contributed by atoms with Gasteiger partial charge in [-0.25, -0.2) is 4.39 Å². The van der Waals surface area contributed by atoms with Crippen LogP contribution >= 0.6 is 0 Å². The van der Waals surface area contributed by atoms with E-state index in [1.165, 1.54) is 12.1 Å². The molecule has 1 aromatic carbocycles. The minimum absolute atomic E-state index is 0.186. The average Bonchev–Trinajstić information content (AvgIpc) is 2.42. The maximum absolute atomic E-state index is 13.1. The molecule has 0 spiro atoms. The first-order valence-corrected chi connectivity index (χ1v) is 6.70. The maximum atomic E-state index is 13.1. The summed E-state index contributed by atoms with van der Waals surface area (Å²) in [5.74, 6) is -0.335. The fourth-order valence-electron chi connectivity index (χ4n) is 1.71. The number of carbonyl (C=O) groups excluding carboxylic acids is 2. The van der Waals surface area contributed by atoms with Crippen molar-refractivity contribution in [3.63, 3.8) is 0 Å². The number of unbranched alkanes of at least 4 members (excludes halogenated alkanes) is 2. The van der Waals surface area contributed by atoms with E-state index in [2.05, 4.69) is 0 Å². The first-order valence-electron chi connectivity index (χ1n) is 6.70.